The minimum atomic E-state index is 0.226. The van der Waals surface area contributed by atoms with Crippen LogP contribution in [0.25, 0.3) is 0 Å². The van der Waals surface area contributed by atoms with E-state index in [9.17, 15) is 4.79 Å². The first-order chi connectivity index (χ1) is 8.74. The lowest BCUT2D eigenvalue weighted by molar-refractivity contribution is -0.116. The SMILES string of the molecule is CC(=O)CCc1ccc(OCOCC2CC2)cc1. The number of ether oxygens (including phenoxy) is 2. The summed E-state index contributed by atoms with van der Waals surface area (Å²) in [6.07, 6.45) is 3.99. The molecule has 0 saturated heterocycles. The Kier molecular flexibility index (Phi) is 4.76. The first kappa shape index (κ1) is 13.1. The molecule has 1 fully saturated rings. The molecule has 1 aromatic carbocycles. The number of Topliss-reactive ketones (excluding diaryl/α,β-unsaturated/α-hetero) is 1. The van der Waals surface area contributed by atoms with Gasteiger partial charge in [-0.3, -0.25) is 0 Å². The van der Waals surface area contributed by atoms with Crippen LogP contribution >= 0.6 is 0 Å². The zero-order valence-corrected chi connectivity index (χ0v) is 10.9. The Morgan fingerprint density at radius 3 is 2.61 bits per heavy atom. The number of hydrogen-bond donors (Lipinski definition) is 0. The summed E-state index contributed by atoms with van der Waals surface area (Å²) < 4.78 is 10.9. The molecule has 0 aromatic heterocycles. The molecule has 2 rings (SSSR count). The fourth-order valence-electron chi connectivity index (χ4n) is 1.68. The average Bonchev–Trinajstić information content (AvgIpc) is 3.17. The van der Waals surface area contributed by atoms with Gasteiger partial charge in [0.1, 0.15) is 11.5 Å². The van der Waals surface area contributed by atoms with Crippen LogP contribution in [-0.4, -0.2) is 19.2 Å². The van der Waals surface area contributed by atoms with Crippen LogP contribution in [0, 0.1) is 5.92 Å². The summed E-state index contributed by atoms with van der Waals surface area (Å²) in [5.41, 5.74) is 1.16. The highest BCUT2D eigenvalue weighted by molar-refractivity contribution is 5.75. The summed E-state index contributed by atoms with van der Waals surface area (Å²) in [7, 11) is 0. The number of aryl methyl sites for hydroxylation is 1. The maximum Gasteiger partial charge on any atom is 0.189 e. The van der Waals surface area contributed by atoms with E-state index < -0.39 is 0 Å². The van der Waals surface area contributed by atoms with Crippen molar-refractivity contribution in [3.63, 3.8) is 0 Å². The van der Waals surface area contributed by atoms with Gasteiger partial charge in [-0.15, -0.1) is 0 Å². The topological polar surface area (TPSA) is 35.5 Å². The number of rotatable bonds is 8. The molecule has 3 nitrogen and oxygen atoms in total. The third-order valence-electron chi connectivity index (χ3n) is 3.05. The Balaban J connectivity index is 1.67. The second-order valence-corrected chi connectivity index (χ2v) is 4.92. The normalized spacial score (nSPS) is 14.5. The summed E-state index contributed by atoms with van der Waals surface area (Å²) in [5, 5.41) is 0. The standard InChI is InChI=1S/C15H20O3/c1-12(16)2-3-13-6-8-15(9-7-13)18-11-17-10-14-4-5-14/h6-9,14H,2-5,10-11H2,1H3. The number of ketones is 1. The number of benzene rings is 1. The van der Waals surface area contributed by atoms with Gasteiger partial charge in [-0.2, -0.15) is 0 Å². The highest BCUT2D eigenvalue weighted by atomic mass is 16.7. The largest absolute Gasteiger partial charge is 0.468 e. The summed E-state index contributed by atoms with van der Waals surface area (Å²) in [5.74, 6) is 1.81. The van der Waals surface area contributed by atoms with E-state index in [1.54, 1.807) is 6.92 Å². The molecule has 0 unspecified atom stereocenters. The molecule has 3 heteroatoms. The molecule has 1 aliphatic carbocycles. The van der Waals surface area contributed by atoms with Crippen LogP contribution in [0.5, 0.6) is 5.75 Å². The van der Waals surface area contributed by atoms with E-state index in [2.05, 4.69) is 0 Å². The van der Waals surface area contributed by atoms with Gasteiger partial charge in [-0.25, -0.2) is 0 Å². The minimum Gasteiger partial charge on any atom is -0.468 e. The maximum absolute atomic E-state index is 10.9. The van der Waals surface area contributed by atoms with Crippen LogP contribution in [0.1, 0.15) is 31.7 Å². The smallest absolute Gasteiger partial charge is 0.189 e. The zero-order valence-electron chi connectivity index (χ0n) is 10.9. The molecule has 0 radical (unpaired) electrons. The van der Waals surface area contributed by atoms with Crippen LogP contribution in [0.4, 0.5) is 0 Å². The van der Waals surface area contributed by atoms with Gasteiger partial charge in [0, 0.05) is 6.42 Å². The monoisotopic (exact) mass is 248 g/mol. The second kappa shape index (κ2) is 6.55. The summed E-state index contributed by atoms with van der Waals surface area (Å²) in [6.45, 7) is 2.76. The molecule has 98 valence electrons. The van der Waals surface area contributed by atoms with Crippen molar-refractivity contribution in [2.45, 2.75) is 32.6 Å². The van der Waals surface area contributed by atoms with Crippen LogP contribution in [0.3, 0.4) is 0 Å². The molecule has 1 saturated carbocycles. The van der Waals surface area contributed by atoms with Crippen LogP contribution in [-0.2, 0) is 16.0 Å². The van der Waals surface area contributed by atoms with E-state index in [0.717, 1.165) is 30.3 Å². The van der Waals surface area contributed by atoms with Crippen molar-refractivity contribution in [3.05, 3.63) is 29.8 Å². The molecule has 1 aromatic rings. The molecular weight excluding hydrogens is 228 g/mol. The number of carbonyl (C=O) groups excluding carboxylic acids is 1. The van der Waals surface area contributed by atoms with Crippen molar-refractivity contribution in [2.75, 3.05) is 13.4 Å². The van der Waals surface area contributed by atoms with E-state index in [-0.39, 0.29) is 5.78 Å². The van der Waals surface area contributed by atoms with Crippen LogP contribution in [0.2, 0.25) is 0 Å². The van der Waals surface area contributed by atoms with Gasteiger partial charge < -0.3 is 14.3 Å². The Labute approximate surface area is 108 Å². The van der Waals surface area contributed by atoms with E-state index in [1.165, 1.54) is 12.8 Å². The highest BCUT2D eigenvalue weighted by Gasteiger charge is 2.20. The van der Waals surface area contributed by atoms with Gasteiger partial charge in [-0.1, -0.05) is 12.1 Å². The second-order valence-electron chi connectivity index (χ2n) is 4.92. The molecule has 0 N–H and O–H groups in total. The molecule has 18 heavy (non-hydrogen) atoms. The van der Waals surface area contributed by atoms with Crippen molar-refractivity contribution in [2.24, 2.45) is 5.92 Å². The number of carbonyl (C=O) groups is 1. The molecular formula is C15H20O3. The van der Waals surface area contributed by atoms with Crippen LogP contribution in [0.15, 0.2) is 24.3 Å². The van der Waals surface area contributed by atoms with Gasteiger partial charge in [0.25, 0.3) is 0 Å². The molecule has 0 amide bonds. The predicted octanol–water partition coefficient (Wildman–Crippen LogP) is 2.97. The third kappa shape index (κ3) is 4.88. The van der Waals surface area contributed by atoms with Crippen molar-refractivity contribution in [3.8, 4) is 5.75 Å². The first-order valence-electron chi connectivity index (χ1n) is 6.53. The molecule has 0 heterocycles. The van der Waals surface area contributed by atoms with Crippen molar-refractivity contribution < 1.29 is 14.3 Å². The van der Waals surface area contributed by atoms with Crippen LogP contribution < -0.4 is 4.74 Å². The summed E-state index contributed by atoms with van der Waals surface area (Å²) in [6, 6.07) is 7.85. The van der Waals surface area contributed by atoms with E-state index >= 15 is 0 Å². The Morgan fingerprint density at radius 2 is 2.00 bits per heavy atom. The first-order valence-corrected chi connectivity index (χ1v) is 6.53. The minimum absolute atomic E-state index is 0.226. The van der Waals surface area contributed by atoms with E-state index in [4.69, 9.17) is 9.47 Å². The van der Waals surface area contributed by atoms with E-state index in [0.29, 0.717) is 13.2 Å². The Morgan fingerprint density at radius 1 is 1.28 bits per heavy atom. The van der Waals surface area contributed by atoms with Crippen molar-refractivity contribution in [1.82, 2.24) is 0 Å². The fourth-order valence-corrected chi connectivity index (χ4v) is 1.68. The lowest BCUT2D eigenvalue weighted by Gasteiger charge is -2.07. The maximum atomic E-state index is 10.9. The molecule has 0 spiro atoms. The quantitative estimate of drug-likeness (QED) is 0.524. The summed E-state index contributed by atoms with van der Waals surface area (Å²) in [4.78, 5) is 10.9. The summed E-state index contributed by atoms with van der Waals surface area (Å²) >= 11 is 0. The molecule has 0 bridgehead atoms. The highest BCUT2D eigenvalue weighted by Crippen LogP contribution is 2.28. The van der Waals surface area contributed by atoms with Gasteiger partial charge in [0.05, 0.1) is 6.61 Å². The third-order valence-corrected chi connectivity index (χ3v) is 3.05. The molecule has 0 aliphatic heterocycles. The van der Waals surface area contributed by atoms with Gasteiger partial charge in [-0.05, 0) is 49.8 Å². The Hall–Kier alpha value is -1.35. The zero-order chi connectivity index (χ0) is 12.8. The number of hydrogen-bond acceptors (Lipinski definition) is 3. The van der Waals surface area contributed by atoms with Crippen molar-refractivity contribution >= 4 is 5.78 Å². The van der Waals surface area contributed by atoms with E-state index in [1.807, 2.05) is 24.3 Å². The Bertz CT molecular complexity index is 379. The van der Waals surface area contributed by atoms with Gasteiger partial charge in [0.15, 0.2) is 6.79 Å². The fraction of sp³-hybridized carbons (Fsp3) is 0.533. The van der Waals surface area contributed by atoms with Crippen molar-refractivity contribution in [1.29, 1.82) is 0 Å². The average molecular weight is 248 g/mol. The van der Waals surface area contributed by atoms with Gasteiger partial charge in [0.2, 0.25) is 0 Å². The van der Waals surface area contributed by atoms with Gasteiger partial charge >= 0.3 is 0 Å². The lowest BCUT2D eigenvalue weighted by Crippen LogP contribution is -2.05. The lowest BCUT2D eigenvalue weighted by atomic mass is 10.1. The molecule has 1 aliphatic rings. The predicted molar refractivity (Wildman–Crippen MR) is 69.6 cm³/mol. The molecule has 0 atom stereocenters.